The van der Waals surface area contributed by atoms with Gasteiger partial charge in [-0.2, -0.15) is 13.9 Å². The molecule has 0 bridgehead atoms. The molecular formula is C24H23N4O2+. The van der Waals surface area contributed by atoms with E-state index in [1.165, 1.54) is 12.6 Å². The molecule has 0 atom stereocenters. The lowest BCUT2D eigenvalue weighted by Gasteiger charge is -2.12. The van der Waals surface area contributed by atoms with Crippen LogP contribution in [0.25, 0.3) is 38.7 Å². The number of H-pyrrole nitrogens is 1. The average Bonchev–Trinajstić information content (AvgIpc) is 3.17. The van der Waals surface area contributed by atoms with Gasteiger partial charge in [-0.15, -0.1) is 0 Å². The van der Waals surface area contributed by atoms with E-state index in [9.17, 15) is 9.59 Å². The first-order valence-corrected chi connectivity index (χ1v) is 10.0. The summed E-state index contributed by atoms with van der Waals surface area (Å²) in [7, 11) is 3.23. The molecule has 1 N–H and O–H groups in total. The van der Waals surface area contributed by atoms with E-state index in [1.807, 2.05) is 34.9 Å². The number of hydrogen-bond acceptors (Lipinski definition) is 2. The predicted octanol–water partition coefficient (Wildman–Crippen LogP) is 3.25. The fourth-order valence-corrected chi connectivity index (χ4v) is 4.24. The zero-order valence-electron chi connectivity index (χ0n) is 17.4. The highest BCUT2D eigenvalue weighted by molar-refractivity contribution is 6.02. The minimum absolute atomic E-state index is 0.290. The minimum Gasteiger partial charge on any atom is -0.351 e. The lowest BCUT2D eigenvalue weighted by molar-refractivity contribution is -0.664. The Hall–Kier alpha value is -3.67. The van der Waals surface area contributed by atoms with Crippen LogP contribution < -0.4 is 15.8 Å². The van der Waals surface area contributed by atoms with Gasteiger partial charge in [-0.1, -0.05) is 50.2 Å². The van der Waals surface area contributed by atoms with E-state index in [-0.39, 0.29) is 11.2 Å². The van der Waals surface area contributed by atoms with Gasteiger partial charge in [-0.05, 0) is 23.6 Å². The maximum atomic E-state index is 12.9. The number of nitrogens with zero attached hydrogens (tertiary/aromatic N) is 3. The Bertz CT molecular complexity index is 1570. The molecule has 5 rings (SSSR count). The van der Waals surface area contributed by atoms with Gasteiger partial charge in [0.05, 0.1) is 30.8 Å². The molecule has 0 saturated heterocycles. The molecule has 0 radical (unpaired) electrons. The van der Waals surface area contributed by atoms with Crippen LogP contribution in [0.5, 0.6) is 0 Å². The van der Waals surface area contributed by atoms with Crippen molar-refractivity contribution >= 4 is 27.5 Å². The number of aromatic amines is 1. The van der Waals surface area contributed by atoms with Crippen LogP contribution in [-0.4, -0.2) is 14.0 Å². The SMILES string of the molecule is CC(C)c1ccc(-c2[nH]c3ccccc3n3cc4c(=O)n(C)c(=O)[n+](C)c4c23)cc1. The van der Waals surface area contributed by atoms with Gasteiger partial charge in [-0.25, -0.2) is 4.79 Å². The van der Waals surface area contributed by atoms with Gasteiger partial charge in [0.15, 0.2) is 5.52 Å². The van der Waals surface area contributed by atoms with E-state index < -0.39 is 0 Å². The zero-order chi connectivity index (χ0) is 21.2. The van der Waals surface area contributed by atoms with E-state index in [2.05, 4.69) is 43.1 Å². The van der Waals surface area contributed by atoms with Crippen LogP contribution in [0.3, 0.4) is 0 Å². The van der Waals surface area contributed by atoms with Gasteiger partial charge in [-0.3, -0.25) is 0 Å². The fraction of sp³-hybridized carbons (Fsp3) is 0.208. The maximum Gasteiger partial charge on any atom is 0.501 e. The summed E-state index contributed by atoms with van der Waals surface area (Å²) in [5.41, 5.74) is 5.86. The Balaban J connectivity index is 2.01. The zero-order valence-corrected chi connectivity index (χ0v) is 17.4. The van der Waals surface area contributed by atoms with Crippen LogP contribution in [0.1, 0.15) is 25.3 Å². The molecule has 0 fully saturated rings. The molecule has 3 heterocycles. The summed E-state index contributed by atoms with van der Waals surface area (Å²) >= 11 is 0. The third-order valence-corrected chi connectivity index (χ3v) is 5.95. The summed E-state index contributed by atoms with van der Waals surface area (Å²) in [5, 5.41) is 0.518. The van der Waals surface area contributed by atoms with E-state index in [0.29, 0.717) is 16.8 Å². The van der Waals surface area contributed by atoms with Crippen LogP contribution in [0.15, 0.2) is 64.3 Å². The van der Waals surface area contributed by atoms with Crippen molar-refractivity contribution in [3.8, 4) is 11.3 Å². The molecule has 30 heavy (non-hydrogen) atoms. The first kappa shape index (κ1) is 18.4. The number of aromatic nitrogens is 4. The fourth-order valence-electron chi connectivity index (χ4n) is 4.24. The van der Waals surface area contributed by atoms with Crippen molar-refractivity contribution in [1.82, 2.24) is 14.0 Å². The number of para-hydroxylation sites is 2. The Morgan fingerprint density at radius 3 is 2.40 bits per heavy atom. The van der Waals surface area contributed by atoms with Crippen molar-refractivity contribution in [2.45, 2.75) is 19.8 Å². The van der Waals surface area contributed by atoms with Crippen molar-refractivity contribution in [2.75, 3.05) is 0 Å². The molecule has 0 aliphatic heterocycles. The van der Waals surface area contributed by atoms with Gasteiger partial charge in [0.1, 0.15) is 10.9 Å². The highest BCUT2D eigenvalue weighted by Gasteiger charge is 2.24. The number of aryl methyl sites for hydroxylation is 1. The molecule has 0 aliphatic carbocycles. The number of rotatable bonds is 2. The molecule has 0 amide bonds. The van der Waals surface area contributed by atoms with E-state index in [1.54, 1.807) is 11.6 Å². The van der Waals surface area contributed by atoms with Crippen molar-refractivity contribution in [2.24, 2.45) is 14.1 Å². The van der Waals surface area contributed by atoms with Crippen molar-refractivity contribution in [3.63, 3.8) is 0 Å². The summed E-state index contributed by atoms with van der Waals surface area (Å²) in [6.07, 6.45) is 1.84. The molecule has 6 nitrogen and oxygen atoms in total. The highest BCUT2D eigenvalue weighted by Crippen LogP contribution is 2.31. The maximum absolute atomic E-state index is 12.9. The number of benzene rings is 2. The van der Waals surface area contributed by atoms with Crippen LogP contribution in [0.4, 0.5) is 0 Å². The summed E-state index contributed by atoms with van der Waals surface area (Å²) < 4.78 is 4.73. The first-order valence-electron chi connectivity index (χ1n) is 10.0. The highest BCUT2D eigenvalue weighted by atomic mass is 16.2. The smallest absolute Gasteiger partial charge is 0.351 e. The molecule has 2 aromatic carbocycles. The quantitative estimate of drug-likeness (QED) is 0.463. The van der Waals surface area contributed by atoms with Crippen LogP contribution in [0.2, 0.25) is 0 Å². The largest absolute Gasteiger partial charge is 0.501 e. The molecule has 5 aromatic rings. The summed E-state index contributed by atoms with van der Waals surface area (Å²) in [6.45, 7) is 4.34. The Kier molecular flexibility index (Phi) is 3.93. The van der Waals surface area contributed by atoms with E-state index >= 15 is 0 Å². The number of hydrogen-bond donors (Lipinski definition) is 1. The summed E-state index contributed by atoms with van der Waals surface area (Å²) in [5.74, 6) is 0.442. The third kappa shape index (κ3) is 2.46. The van der Waals surface area contributed by atoms with Gasteiger partial charge in [0.25, 0.3) is 0 Å². The molecular weight excluding hydrogens is 376 g/mol. The van der Waals surface area contributed by atoms with Crippen LogP contribution >= 0.6 is 0 Å². The second-order valence-corrected chi connectivity index (χ2v) is 8.11. The Morgan fingerprint density at radius 1 is 1.00 bits per heavy atom. The standard InChI is InChI=1S/C24H22N4O2/c1-14(2)15-9-11-16(12-10-15)20-22-21-17(23(29)27(4)24(30)26(21)3)13-28(22)19-8-6-5-7-18(19)25-20/h5-14H,1-4H3/p+1. The van der Waals surface area contributed by atoms with Crippen molar-refractivity contribution in [3.05, 3.63) is 81.1 Å². The Labute approximate surface area is 172 Å². The third-order valence-electron chi connectivity index (χ3n) is 5.95. The second-order valence-electron chi connectivity index (χ2n) is 8.11. The molecule has 0 unspecified atom stereocenters. The van der Waals surface area contributed by atoms with Crippen molar-refractivity contribution in [1.29, 1.82) is 0 Å². The van der Waals surface area contributed by atoms with Crippen LogP contribution in [0, 0.1) is 0 Å². The average molecular weight is 399 g/mol. The second kappa shape index (κ2) is 6.42. The lowest BCUT2D eigenvalue weighted by Crippen LogP contribution is -2.55. The van der Waals surface area contributed by atoms with Gasteiger partial charge >= 0.3 is 11.2 Å². The molecule has 0 aliphatic rings. The van der Waals surface area contributed by atoms with Gasteiger partial charge < -0.3 is 9.38 Å². The van der Waals surface area contributed by atoms with Crippen LogP contribution in [-0.2, 0) is 14.1 Å². The molecule has 3 aromatic heterocycles. The topological polar surface area (TPSA) is 63.1 Å². The monoisotopic (exact) mass is 399 g/mol. The van der Waals surface area contributed by atoms with E-state index in [0.717, 1.165) is 32.4 Å². The molecule has 6 heteroatoms. The molecule has 0 saturated carbocycles. The Morgan fingerprint density at radius 2 is 1.70 bits per heavy atom. The van der Waals surface area contributed by atoms with E-state index in [4.69, 9.17) is 0 Å². The summed E-state index contributed by atoms with van der Waals surface area (Å²) in [4.78, 5) is 29.1. The minimum atomic E-state index is -0.338. The van der Waals surface area contributed by atoms with Gasteiger partial charge in [0, 0.05) is 11.8 Å². The first-order chi connectivity index (χ1) is 14.4. The predicted molar refractivity (Wildman–Crippen MR) is 119 cm³/mol. The summed E-state index contributed by atoms with van der Waals surface area (Å²) in [6, 6.07) is 16.4. The van der Waals surface area contributed by atoms with Gasteiger partial charge in [0.2, 0.25) is 0 Å². The van der Waals surface area contributed by atoms with Crippen molar-refractivity contribution < 1.29 is 4.57 Å². The molecule has 0 spiro atoms. The number of fused-ring (bicyclic) bond motifs is 5. The molecule has 150 valence electrons. The normalized spacial score (nSPS) is 11.9. The lowest BCUT2D eigenvalue weighted by atomic mass is 10.0. The number of nitrogens with one attached hydrogen (secondary N) is 1.